The Morgan fingerprint density at radius 3 is 2.13 bits per heavy atom. The topological polar surface area (TPSA) is 78.1 Å². The summed E-state index contributed by atoms with van der Waals surface area (Å²) in [6.45, 7) is 2.46. The molecule has 158 valence electrons. The predicted octanol–water partition coefficient (Wildman–Crippen LogP) is 5.61. The van der Waals surface area contributed by atoms with Gasteiger partial charge >= 0.3 is 0 Å². The largest absolute Gasteiger partial charge is 0.507 e. The lowest BCUT2D eigenvalue weighted by molar-refractivity contribution is 0.474. The van der Waals surface area contributed by atoms with Gasteiger partial charge in [-0.1, -0.05) is 36.4 Å². The minimum atomic E-state index is -0.00767. The molecule has 7 heteroatoms. The van der Waals surface area contributed by atoms with Crippen LogP contribution in [-0.4, -0.2) is 40.2 Å². The highest BCUT2D eigenvalue weighted by molar-refractivity contribution is 7.82. The molecule has 5 nitrogen and oxygen atoms in total. The van der Waals surface area contributed by atoms with Crippen LogP contribution in [-0.2, 0) is 0 Å². The molecule has 0 saturated heterocycles. The van der Waals surface area contributed by atoms with E-state index in [1.165, 1.54) is 4.70 Å². The first-order chi connectivity index (χ1) is 15.0. The van der Waals surface area contributed by atoms with Crippen LogP contribution in [0.3, 0.4) is 0 Å². The lowest BCUT2D eigenvalue weighted by Gasteiger charge is -2.03. The summed E-state index contributed by atoms with van der Waals surface area (Å²) in [5.41, 5.74) is 2.42. The minimum Gasteiger partial charge on any atom is -0.507 e. The normalized spacial score (nSPS) is 12.2. The Morgan fingerprint density at radius 2 is 1.48 bits per heavy atom. The van der Waals surface area contributed by atoms with Gasteiger partial charge in [0, 0.05) is 23.6 Å². The highest BCUT2D eigenvalue weighted by atomic mass is 32.2. The molecule has 1 heterocycles. The van der Waals surface area contributed by atoms with E-state index in [2.05, 4.69) is 27.6 Å². The van der Waals surface area contributed by atoms with Crippen LogP contribution in [0.15, 0.2) is 87.1 Å². The van der Waals surface area contributed by atoms with Gasteiger partial charge in [0.25, 0.3) is 0 Å². The second-order valence-corrected chi connectivity index (χ2v) is 8.46. The number of nitrogens with zero attached hydrogens (tertiary/aromatic N) is 3. The highest BCUT2D eigenvalue weighted by Crippen LogP contribution is 2.23. The van der Waals surface area contributed by atoms with Crippen molar-refractivity contribution in [3.63, 3.8) is 0 Å². The van der Waals surface area contributed by atoms with Crippen molar-refractivity contribution in [2.75, 3.05) is 6.54 Å². The maximum Gasteiger partial charge on any atom is 0.148 e. The molecule has 0 aliphatic carbocycles. The van der Waals surface area contributed by atoms with Gasteiger partial charge in [-0.25, -0.2) is 4.98 Å². The Kier molecular flexibility index (Phi) is 8.20. The maximum atomic E-state index is 9.63. The number of fused-ring (bicyclic) bond motifs is 1. The van der Waals surface area contributed by atoms with Gasteiger partial charge in [-0.05, 0) is 43.3 Å². The van der Waals surface area contributed by atoms with Gasteiger partial charge in [-0.3, -0.25) is 9.98 Å². The third kappa shape index (κ3) is 6.94. The standard InChI is InChI=1S/C17H18N2O2.C7H5NS2/c1-13(19-12-15-7-3-5-9-17(15)21)10-18-11-14-6-2-4-8-16(14)20;9-7-8-5-3-1-2-4-6(5)10-7/h2-9,11-13,20-21H,10H2,1H3;1-4H,(H,8,9). The summed E-state index contributed by atoms with van der Waals surface area (Å²) in [7, 11) is 0. The van der Waals surface area contributed by atoms with Crippen molar-refractivity contribution in [3.8, 4) is 11.5 Å². The number of hydrogen-bond acceptors (Lipinski definition) is 7. The average molecular weight is 450 g/mol. The molecular weight excluding hydrogens is 426 g/mol. The summed E-state index contributed by atoms with van der Waals surface area (Å²) in [5, 5.41) is 19.2. The number of thiol groups is 1. The number of phenolic OH excluding ortho intramolecular Hbond substituents is 2. The number of hydrogen-bond donors (Lipinski definition) is 3. The van der Waals surface area contributed by atoms with E-state index < -0.39 is 0 Å². The molecule has 1 aromatic heterocycles. The van der Waals surface area contributed by atoms with Crippen molar-refractivity contribution in [1.29, 1.82) is 0 Å². The van der Waals surface area contributed by atoms with Gasteiger partial charge in [-0.15, -0.1) is 24.0 Å². The third-order valence-electron chi connectivity index (χ3n) is 4.22. The third-order valence-corrected chi connectivity index (χ3v) is 5.44. The van der Waals surface area contributed by atoms with E-state index in [0.29, 0.717) is 17.7 Å². The van der Waals surface area contributed by atoms with E-state index >= 15 is 0 Å². The maximum absolute atomic E-state index is 9.63. The molecule has 0 aliphatic heterocycles. The molecule has 0 radical (unpaired) electrons. The average Bonchev–Trinajstić information content (AvgIpc) is 3.15. The molecule has 0 fully saturated rings. The van der Waals surface area contributed by atoms with E-state index in [1.807, 2.05) is 43.3 Å². The van der Waals surface area contributed by atoms with Gasteiger partial charge in [0.1, 0.15) is 15.8 Å². The zero-order chi connectivity index (χ0) is 22.1. The fourth-order valence-corrected chi connectivity index (χ4v) is 3.72. The zero-order valence-electron chi connectivity index (χ0n) is 17.0. The fraction of sp³-hybridized carbons (Fsp3) is 0.125. The molecule has 31 heavy (non-hydrogen) atoms. The lowest BCUT2D eigenvalue weighted by Crippen LogP contribution is -2.04. The molecule has 0 aliphatic rings. The molecular formula is C24H23N3O2S2. The predicted molar refractivity (Wildman–Crippen MR) is 133 cm³/mol. The van der Waals surface area contributed by atoms with E-state index in [4.69, 9.17) is 0 Å². The van der Waals surface area contributed by atoms with Crippen molar-refractivity contribution < 1.29 is 10.2 Å². The SMILES string of the molecule is CC(CN=Cc1ccccc1O)N=Cc1ccccc1O.Sc1nc2ccccc2s1. The van der Waals surface area contributed by atoms with Gasteiger partial charge in [-0.2, -0.15) is 0 Å². The quantitative estimate of drug-likeness (QED) is 0.274. The zero-order valence-corrected chi connectivity index (χ0v) is 18.7. The van der Waals surface area contributed by atoms with Crippen molar-refractivity contribution >= 4 is 46.6 Å². The monoisotopic (exact) mass is 449 g/mol. The van der Waals surface area contributed by atoms with Crippen molar-refractivity contribution in [2.24, 2.45) is 9.98 Å². The number of benzene rings is 3. The first-order valence-corrected chi connectivity index (χ1v) is 10.9. The van der Waals surface area contributed by atoms with Gasteiger partial charge in [0.05, 0.1) is 22.8 Å². The van der Waals surface area contributed by atoms with E-state index in [-0.39, 0.29) is 17.5 Å². The Bertz CT molecular complexity index is 1160. The van der Waals surface area contributed by atoms with E-state index in [0.717, 1.165) is 9.86 Å². The van der Waals surface area contributed by atoms with E-state index in [9.17, 15) is 10.2 Å². The minimum absolute atomic E-state index is 0.00767. The van der Waals surface area contributed by atoms with Crippen LogP contribution in [0.1, 0.15) is 18.1 Å². The van der Waals surface area contributed by atoms with E-state index in [1.54, 1.807) is 60.2 Å². The fourth-order valence-electron chi connectivity index (χ4n) is 2.61. The molecule has 4 rings (SSSR count). The molecule has 1 atom stereocenters. The number of phenols is 2. The summed E-state index contributed by atoms with van der Waals surface area (Å²) in [6, 6.07) is 22.1. The summed E-state index contributed by atoms with van der Waals surface area (Å²) in [4.78, 5) is 12.8. The Morgan fingerprint density at radius 1 is 0.903 bits per heavy atom. The van der Waals surface area contributed by atoms with Crippen LogP contribution in [0, 0.1) is 0 Å². The number of rotatable bonds is 5. The van der Waals surface area contributed by atoms with Crippen molar-refractivity contribution in [1.82, 2.24) is 4.98 Å². The summed E-state index contributed by atoms with van der Waals surface area (Å²) < 4.78 is 2.04. The van der Waals surface area contributed by atoms with Crippen LogP contribution in [0.2, 0.25) is 0 Å². The number of thiazole rings is 1. The molecule has 2 N–H and O–H groups in total. The smallest absolute Gasteiger partial charge is 0.148 e. The number of aromatic hydroxyl groups is 2. The molecule has 4 aromatic rings. The van der Waals surface area contributed by atoms with Gasteiger partial charge < -0.3 is 10.2 Å². The van der Waals surface area contributed by atoms with Crippen molar-refractivity contribution in [2.45, 2.75) is 17.3 Å². The van der Waals surface area contributed by atoms with Crippen LogP contribution in [0.25, 0.3) is 10.2 Å². The first-order valence-electron chi connectivity index (χ1n) is 9.66. The summed E-state index contributed by atoms with van der Waals surface area (Å²) in [5.74, 6) is 0.428. The number of para-hydroxylation sites is 3. The van der Waals surface area contributed by atoms with Crippen LogP contribution >= 0.6 is 24.0 Å². The first kappa shape index (κ1) is 22.5. The second kappa shape index (κ2) is 11.3. The summed E-state index contributed by atoms with van der Waals surface area (Å²) >= 11 is 5.76. The Labute approximate surface area is 190 Å². The molecule has 0 amide bonds. The molecule has 1 unspecified atom stereocenters. The van der Waals surface area contributed by atoms with Gasteiger partial charge in [0.15, 0.2) is 0 Å². The molecule has 0 bridgehead atoms. The van der Waals surface area contributed by atoms with Crippen LogP contribution in [0.5, 0.6) is 11.5 Å². The Hall–Kier alpha value is -3.16. The Balaban J connectivity index is 0.000000225. The van der Waals surface area contributed by atoms with Crippen molar-refractivity contribution in [3.05, 3.63) is 83.9 Å². The molecule has 3 aromatic carbocycles. The number of aliphatic imine (C=N–C) groups is 2. The summed E-state index contributed by atoms with van der Waals surface area (Å²) in [6.07, 6.45) is 3.29. The van der Waals surface area contributed by atoms with Gasteiger partial charge in [0.2, 0.25) is 0 Å². The number of aromatic nitrogens is 1. The molecule has 0 spiro atoms. The molecule has 0 saturated carbocycles. The second-order valence-electron chi connectivity index (χ2n) is 6.70. The highest BCUT2D eigenvalue weighted by Gasteiger charge is 2.00. The lowest BCUT2D eigenvalue weighted by atomic mass is 10.2. The van der Waals surface area contributed by atoms with Crippen LogP contribution in [0.4, 0.5) is 0 Å². The van der Waals surface area contributed by atoms with Crippen LogP contribution < -0.4 is 0 Å².